The van der Waals surface area contributed by atoms with E-state index in [0.29, 0.717) is 0 Å². The van der Waals surface area contributed by atoms with Crippen molar-refractivity contribution in [2.75, 3.05) is 13.2 Å². The zero-order valence-corrected chi connectivity index (χ0v) is 13.7. The van der Waals surface area contributed by atoms with Crippen LogP contribution in [0.5, 0.6) is 0 Å². The van der Waals surface area contributed by atoms with E-state index in [-0.39, 0.29) is 23.8 Å². The Morgan fingerprint density at radius 1 is 1.52 bits per heavy atom. The van der Waals surface area contributed by atoms with Gasteiger partial charge in [-0.25, -0.2) is 15.1 Å². The van der Waals surface area contributed by atoms with Gasteiger partial charge in [-0.2, -0.15) is 0 Å². The van der Waals surface area contributed by atoms with Crippen LogP contribution in [0.25, 0.3) is 0 Å². The Morgan fingerprint density at radius 3 is 2.80 bits per heavy atom. The van der Waals surface area contributed by atoms with Crippen LogP contribution >= 0.6 is 11.8 Å². The number of ether oxygens (including phenoxy) is 1. The van der Waals surface area contributed by atoms with Gasteiger partial charge in [-0.1, -0.05) is 11.8 Å². The lowest BCUT2D eigenvalue weighted by Gasteiger charge is -2.43. The van der Waals surface area contributed by atoms with Crippen molar-refractivity contribution in [3.05, 3.63) is 10.6 Å². The number of amides is 3. The fourth-order valence-electron chi connectivity index (χ4n) is 2.72. The monoisotopic (exact) mass is 373 g/mol. The van der Waals surface area contributed by atoms with Crippen LogP contribution in [-0.4, -0.2) is 69.7 Å². The summed E-state index contributed by atoms with van der Waals surface area (Å²) in [6, 6.07) is -0.891. The molecule has 136 valence electrons. The third-order valence-corrected chi connectivity index (χ3v) is 5.28. The van der Waals surface area contributed by atoms with Gasteiger partial charge in [0.25, 0.3) is 5.91 Å². The summed E-state index contributed by atoms with van der Waals surface area (Å²) in [6.45, 7) is 1.03. The topological polar surface area (TPSA) is 154 Å². The molecule has 3 amide bonds. The fraction of sp³-hybridized carbons (Fsp3) is 0.538. The van der Waals surface area contributed by atoms with Gasteiger partial charge in [0, 0.05) is 0 Å². The zero-order valence-electron chi connectivity index (χ0n) is 12.9. The SMILES string of the molecule is C[C@@H](O)[C@H]1C(=O)N2C(C(=O)O)=C(COC(=O)N[C@@H]3CONC3=O)S[C@H]12. The number of carboxylic acids is 1. The molecule has 3 aliphatic heterocycles. The first kappa shape index (κ1) is 17.5. The first-order valence-electron chi connectivity index (χ1n) is 7.30. The molecule has 3 heterocycles. The van der Waals surface area contributed by atoms with Crippen molar-refractivity contribution < 1.29 is 39.0 Å². The maximum absolute atomic E-state index is 12.0. The molecule has 2 saturated heterocycles. The molecule has 0 spiro atoms. The van der Waals surface area contributed by atoms with Crippen molar-refractivity contribution >= 4 is 35.6 Å². The van der Waals surface area contributed by atoms with Gasteiger partial charge in [0.1, 0.15) is 30.3 Å². The number of hydrogen-bond donors (Lipinski definition) is 4. The maximum Gasteiger partial charge on any atom is 0.408 e. The Morgan fingerprint density at radius 2 is 2.24 bits per heavy atom. The summed E-state index contributed by atoms with van der Waals surface area (Å²) in [4.78, 5) is 52.4. The molecular weight excluding hydrogens is 358 g/mol. The van der Waals surface area contributed by atoms with Gasteiger partial charge in [0.05, 0.1) is 16.9 Å². The number of aliphatic hydroxyl groups is 1. The standard InChI is InChI=1S/C13H15N3O8S/c1-4(17)7-10(19)16-8(12(20)21)6(25-11(7)16)3-23-13(22)14-5-2-24-15-9(5)18/h4-5,7,11,17H,2-3H2,1H3,(H,14,22)(H,15,18)(H,20,21)/t4-,5-,7+,11-/m1/s1. The van der Waals surface area contributed by atoms with Gasteiger partial charge >= 0.3 is 12.1 Å². The van der Waals surface area contributed by atoms with Crippen molar-refractivity contribution in [3.8, 4) is 0 Å². The highest BCUT2D eigenvalue weighted by Gasteiger charge is 2.57. The molecule has 0 aromatic rings. The van der Waals surface area contributed by atoms with E-state index in [4.69, 9.17) is 4.74 Å². The van der Waals surface area contributed by atoms with Crippen molar-refractivity contribution in [1.29, 1.82) is 0 Å². The van der Waals surface area contributed by atoms with Crippen LogP contribution < -0.4 is 10.8 Å². The van der Waals surface area contributed by atoms with Gasteiger partial charge < -0.3 is 20.3 Å². The smallest absolute Gasteiger partial charge is 0.408 e. The molecule has 25 heavy (non-hydrogen) atoms. The summed E-state index contributed by atoms with van der Waals surface area (Å²) in [6.07, 6.45) is -1.84. The highest BCUT2D eigenvalue weighted by molar-refractivity contribution is 8.04. The number of nitrogens with one attached hydrogen (secondary N) is 2. The zero-order chi connectivity index (χ0) is 18.3. The molecule has 0 saturated carbocycles. The van der Waals surface area contributed by atoms with Crippen LogP contribution in [0.4, 0.5) is 4.79 Å². The van der Waals surface area contributed by atoms with Gasteiger partial charge in [-0.15, -0.1) is 0 Å². The summed E-state index contributed by atoms with van der Waals surface area (Å²) in [5, 5.41) is 20.7. The molecule has 12 heteroatoms. The number of carbonyl (C=O) groups excluding carboxylic acids is 3. The molecule has 3 rings (SSSR count). The molecule has 4 N–H and O–H groups in total. The van der Waals surface area contributed by atoms with E-state index < -0.39 is 47.3 Å². The molecule has 0 aliphatic carbocycles. The number of fused-ring (bicyclic) bond motifs is 1. The van der Waals surface area contributed by atoms with Crippen LogP contribution in [0.15, 0.2) is 10.6 Å². The number of carboxylic acid groups (broad SMARTS) is 1. The molecule has 0 aromatic carbocycles. The third-order valence-electron chi connectivity index (χ3n) is 3.94. The van der Waals surface area contributed by atoms with E-state index in [1.54, 1.807) is 0 Å². The van der Waals surface area contributed by atoms with E-state index in [9.17, 15) is 29.4 Å². The first-order valence-corrected chi connectivity index (χ1v) is 8.18. The fourth-order valence-corrected chi connectivity index (χ4v) is 4.24. The van der Waals surface area contributed by atoms with Crippen molar-refractivity contribution in [2.45, 2.75) is 24.4 Å². The summed E-state index contributed by atoms with van der Waals surface area (Å²) < 4.78 is 4.94. The minimum absolute atomic E-state index is 0.0494. The molecule has 4 atom stereocenters. The van der Waals surface area contributed by atoms with Crippen molar-refractivity contribution in [1.82, 2.24) is 15.7 Å². The van der Waals surface area contributed by atoms with Gasteiger partial charge in [0.2, 0.25) is 5.91 Å². The second-order valence-corrected chi connectivity index (χ2v) is 6.82. The van der Waals surface area contributed by atoms with E-state index in [2.05, 4.69) is 15.6 Å². The largest absolute Gasteiger partial charge is 0.477 e. The van der Waals surface area contributed by atoms with E-state index in [1.807, 2.05) is 0 Å². The number of alkyl carbamates (subject to hydrolysis) is 1. The molecule has 0 unspecified atom stereocenters. The van der Waals surface area contributed by atoms with Crippen molar-refractivity contribution in [3.63, 3.8) is 0 Å². The number of hydrogen-bond acceptors (Lipinski definition) is 8. The molecule has 11 nitrogen and oxygen atoms in total. The van der Waals surface area contributed by atoms with E-state index in [1.165, 1.54) is 6.92 Å². The number of aliphatic hydroxyl groups excluding tert-OH is 1. The minimum Gasteiger partial charge on any atom is -0.477 e. The highest BCUT2D eigenvalue weighted by Crippen LogP contribution is 2.50. The Balaban J connectivity index is 1.63. The highest BCUT2D eigenvalue weighted by atomic mass is 32.2. The lowest BCUT2D eigenvalue weighted by Crippen LogP contribution is -2.60. The normalized spacial score (nSPS) is 29.0. The van der Waals surface area contributed by atoms with Crippen molar-refractivity contribution in [2.24, 2.45) is 5.92 Å². The second kappa shape index (κ2) is 6.54. The average molecular weight is 373 g/mol. The van der Waals surface area contributed by atoms with Crippen LogP contribution in [0.3, 0.4) is 0 Å². The molecule has 0 radical (unpaired) electrons. The molecule has 0 aromatic heterocycles. The first-order chi connectivity index (χ1) is 11.8. The molecule has 3 aliphatic rings. The quantitative estimate of drug-likeness (QED) is 0.415. The molecule has 0 bridgehead atoms. The van der Waals surface area contributed by atoms with E-state index in [0.717, 1.165) is 16.7 Å². The molecule has 2 fully saturated rings. The predicted octanol–water partition coefficient (Wildman–Crippen LogP) is -1.65. The second-order valence-electron chi connectivity index (χ2n) is 5.61. The lowest BCUT2D eigenvalue weighted by atomic mass is 9.92. The number of nitrogens with zero attached hydrogens (tertiary/aromatic N) is 1. The minimum atomic E-state index is -1.32. The van der Waals surface area contributed by atoms with E-state index >= 15 is 0 Å². The third kappa shape index (κ3) is 3.03. The number of β-lactam (4-membered cyclic amide) rings is 1. The van der Waals surface area contributed by atoms with Crippen LogP contribution in [-0.2, 0) is 24.0 Å². The predicted molar refractivity (Wildman–Crippen MR) is 80.4 cm³/mol. The Kier molecular flexibility index (Phi) is 4.58. The maximum atomic E-state index is 12.0. The summed E-state index contributed by atoms with van der Waals surface area (Å²) in [5.74, 6) is -3.03. The average Bonchev–Trinajstić information content (AvgIpc) is 3.06. The Bertz CT molecular complexity index is 678. The summed E-state index contributed by atoms with van der Waals surface area (Å²) >= 11 is 1.06. The Hall–Kier alpha value is -2.31. The number of carbonyl (C=O) groups is 4. The van der Waals surface area contributed by atoms with Gasteiger partial charge in [-0.3, -0.25) is 19.3 Å². The summed E-state index contributed by atoms with van der Waals surface area (Å²) in [7, 11) is 0. The lowest BCUT2D eigenvalue weighted by molar-refractivity contribution is -0.156. The van der Waals surface area contributed by atoms with Gasteiger partial charge in [-0.05, 0) is 6.92 Å². The van der Waals surface area contributed by atoms with Gasteiger partial charge in [0.15, 0.2) is 0 Å². The Labute approximate surface area is 145 Å². The van der Waals surface area contributed by atoms with Crippen LogP contribution in [0, 0.1) is 5.92 Å². The number of thioether (sulfide) groups is 1. The number of aliphatic carboxylic acids is 1. The van der Waals surface area contributed by atoms with Crippen LogP contribution in [0.2, 0.25) is 0 Å². The summed E-state index contributed by atoms with van der Waals surface area (Å²) in [5.41, 5.74) is 1.81. The van der Waals surface area contributed by atoms with Crippen LogP contribution in [0.1, 0.15) is 6.92 Å². The number of hydroxylamine groups is 1. The number of rotatable bonds is 5. The molecular formula is C13H15N3O8S.